The molecule has 1 aromatic heterocycles. The molecule has 0 bridgehead atoms. The standard InChI is InChI=1S/C24H21F3N4O4S/c25-24(26,27)35-31(36(33,34)18-10-5-2-6-11-18)21-13-7-12-20-19(21)14-15-30(20)22(23(32)29-28)16-17-8-3-1-4-9-17/h1-15,22H,16,28H2,(H,29,32). The monoisotopic (exact) mass is 518 g/mol. The van der Waals surface area contributed by atoms with Gasteiger partial charge in [-0.3, -0.25) is 10.2 Å². The maximum Gasteiger partial charge on any atom is 0.544 e. The Balaban J connectivity index is 1.85. The van der Waals surface area contributed by atoms with Crippen molar-refractivity contribution in [2.45, 2.75) is 23.7 Å². The summed E-state index contributed by atoms with van der Waals surface area (Å²) >= 11 is 0. The molecule has 1 unspecified atom stereocenters. The second kappa shape index (κ2) is 10.0. The van der Waals surface area contributed by atoms with E-state index >= 15 is 0 Å². The minimum absolute atomic E-state index is 0.115. The molecule has 0 aliphatic carbocycles. The normalized spacial score (nSPS) is 12.9. The quantitative estimate of drug-likeness (QED) is 0.208. The number of benzene rings is 3. The number of amides is 1. The zero-order valence-electron chi connectivity index (χ0n) is 18.6. The molecule has 0 radical (unpaired) electrons. The van der Waals surface area contributed by atoms with Gasteiger partial charge in [0.1, 0.15) is 6.04 Å². The fourth-order valence-corrected chi connectivity index (χ4v) is 5.16. The van der Waals surface area contributed by atoms with Crippen LogP contribution in [0.1, 0.15) is 11.6 Å². The Kier molecular flexibility index (Phi) is 7.02. The second-order valence-corrected chi connectivity index (χ2v) is 9.48. The van der Waals surface area contributed by atoms with Gasteiger partial charge in [-0.2, -0.15) is 13.3 Å². The molecule has 4 aromatic rings. The molecule has 0 saturated heterocycles. The van der Waals surface area contributed by atoms with E-state index in [0.717, 1.165) is 17.7 Å². The molecule has 8 nitrogen and oxygen atoms in total. The van der Waals surface area contributed by atoms with Crippen LogP contribution in [0.3, 0.4) is 0 Å². The van der Waals surface area contributed by atoms with Gasteiger partial charge in [-0.25, -0.2) is 5.84 Å². The van der Waals surface area contributed by atoms with Gasteiger partial charge in [0, 0.05) is 18.0 Å². The number of nitrogens with zero attached hydrogens (tertiary/aromatic N) is 2. The molecule has 3 N–H and O–H groups in total. The molecule has 1 atom stereocenters. The molecule has 1 heterocycles. The summed E-state index contributed by atoms with van der Waals surface area (Å²) in [5, 5.41) is 0.115. The van der Waals surface area contributed by atoms with Crippen molar-refractivity contribution in [3.63, 3.8) is 0 Å². The molecule has 4 rings (SSSR count). The molecular formula is C24H21F3N4O4S. The Labute approximate surface area is 204 Å². The highest BCUT2D eigenvalue weighted by molar-refractivity contribution is 7.92. The van der Waals surface area contributed by atoms with Gasteiger partial charge in [-0.1, -0.05) is 54.6 Å². The number of aromatic nitrogens is 1. The molecule has 3 aromatic carbocycles. The summed E-state index contributed by atoms with van der Waals surface area (Å²) in [5.74, 6) is 4.86. The predicted molar refractivity (Wildman–Crippen MR) is 127 cm³/mol. The lowest BCUT2D eigenvalue weighted by atomic mass is 10.0. The fourth-order valence-electron chi connectivity index (χ4n) is 3.86. The SMILES string of the molecule is NNC(=O)C(Cc1ccccc1)n1ccc2c(N(OC(F)(F)F)S(=O)(=O)c3ccccc3)cccc21. The molecule has 0 aliphatic rings. The number of hydrogen-bond donors (Lipinski definition) is 2. The molecule has 0 spiro atoms. The highest BCUT2D eigenvalue weighted by atomic mass is 32.2. The van der Waals surface area contributed by atoms with E-state index in [4.69, 9.17) is 5.84 Å². The third-order valence-electron chi connectivity index (χ3n) is 5.44. The maximum absolute atomic E-state index is 13.4. The van der Waals surface area contributed by atoms with Gasteiger partial charge in [0.2, 0.25) is 0 Å². The van der Waals surface area contributed by atoms with Crippen molar-refractivity contribution in [3.05, 3.63) is 96.7 Å². The van der Waals surface area contributed by atoms with E-state index in [-0.39, 0.29) is 22.0 Å². The first kappa shape index (κ1) is 25.2. The van der Waals surface area contributed by atoms with E-state index in [1.54, 1.807) is 18.2 Å². The summed E-state index contributed by atoms with van der Waals surface area (Å²) in [7, 11) is -4.78. The summed E-state index contributed by atoms with van der Waals surface area (Å²) in [5.41, 5.74) is 2.86. The molecule has 1 amide bonds. The fraction of sp³-hybridized carbons (Fsp3) is 0.125. The van der Waals surface area contributed by atoms with Crippen molar-refractivity contribution in [2.24, 2.45) is 5.84 Å². The minimum atomic E-state index is -5.30. The Morgan fingerprint density at radius 1 is 0.972 bits per heavy atom. The van der Waals surface area contributed by atoms with Crippen molar-refractivity contribution < 1.29 is 31.2 Å². The Bertz CT molecular complexity index is 1460. The van der Waals surface area contributed by atoms with Crippen LogP contribution in [0.5, 0.6) is 0 Å². The van der Waals surface area contributed by atoms with Crippen molar-refractivity contribution in [3.8, 4) is 0 Å². The Hall–Kier alpha value is -3.87. The number of halogens is 3. The van der Waals surface area contributed by atoms with Gasteiger partial charge in [-0.15, -0.1) is 17.6 Å². The van der Waals surface area contributed by atoms with E-state index in [0.29, 0.717) is 5.52 Å². The van der Waals surface area contributed by atoms with Crippen LogP contribution in [0.15, 0.2) is 96.0 Å². The average molecular weight is 519 g/mol. The average Bonchev–Trinajstić information content (AvgIpc) is 3.30. The minimum Gasteiger partial charge on any atom is -0.335 e. The number of nitrogens with one attached hydrogen (secondary N) is 1. The number of fused-ring (bicyclic) bond motifs is 1. The van der Waals surface area contributed by atoms with Crippen LogP contribution in [-0.2, 0) is 26.1 Å². The molecule has 0 aliphatic heterocycles. The number of hydrogen-bond acceptors (Lipinski definition) is 5. The highest BCUT2D eigenvalue weighted by Crippen LogP contribution is 2.36. The number of anilines is 1. The van der Waals surface area contributed by atoms with Crippen LogP contribution < -0.4 is 15.7 Å². The van der Waals surface area contributed by atoms with E-state index in [9.17, 15) is 26.4 Å². The van der Waals surface area contributed by atoms with Crippen molar-refractivity contribution >= 4 is 32.5 Å². The first-order chi connectivity index (χ1) is 17.1. The Morgan fingerprint density at radius 3 is 2.22 bits per heavy atom. The number of carbonyl (C=O) groups excluding carboxylic acids is 1. The van der Waals surface area contributed by atoms with E-state index in [2.05, 4.69) is 10.3 Å². The van der Waals surface area contributed by atoms with Gasteiger partial charge in [0.25, 0.3) is 15.9 Å². The molecule has 0 saturated carbocycles. The second-order valence-electron chi connectivity index (χ2n) is 7.73. The molecular weight excluding hydrogens is 497 g/mol. The van der Waals surface area contributed by atoms with Crippen molar-refractivity contribution in [1.82, 2.24) is 9.99 Å². The third kappa shape index (κ3) is 5.20. The molecule has 188 valence electrons. The zero-order valence-corrected chi connectivity index (χ0v) is 19.4. The largest absolute Gasteiger partial charge is 0.544 e. The number of rotatable bonds is 8. The van der Waals surface area contributed by atoms with Crippen molar-refractivity contribution in [1.29, 1.82) is 0 Å². The summed E-state index contributed by atoms with van der Waals surface area (Å²) in [6, 6.07) is 20.4. The van der Waals surface area contributed by atoms with Crippen LogP contribution in [-0.4, -0.2) is 25.3 Å². The van der Waals surface area contributed by atoms with E-state index < -0.39 is 33.2 Å². The molecule has 12 heteroatoms. The van der Waals surface area contributed by atoms with Gasteiger partial charge < -0.3 is 4.57 Å². The number of nitrogens with two attached hydrogens (primary N) is 1. The van der Waals surface area contributed by atoms with Crippen LogP contribution in [0, 0.1) is 0 Å². The third-order valence-corrected chi connectivity index (χ3v) is 7.01. The lowest BCUT2D eigenvalue weighted by molar-refractivity contribution is -0.322. The smallest absolute Gasteiger partial charge is 0.335 e. The number of carbonyl (C=O) groups is 1. The van der Waals surface area contributed by atoms with Gasteiger partial charge in [0.05, 0.1) is 16.1 Å². The number of hydrazine groups is 1. The van der Waals surface area contributed by atoms with E-state index in [1.807, 2.05) is 18.2 Å². The van der Waals surface area contributed by atoms with Crippen molar-refractivity contribution in [2.75, 3.05) is 4.47 Å². The van der Waals surface area contributed by atoms with Gasteiger partial charge in [0.15, 0.2) is 0 Å². The number of sulfonamides is 1. The van der Waals surface area contributed by atoms with Crippen LogP contribution in [0.25, 0.3) is 10.9 Å². The summed E-state index contributed by atoms with van der Waals surface area (Å²) < 4.78 is 67.9. The molecule has 0 fully saturated rings. The molecule has 36 heavy (non-hydrogen) atoms. The van der Waals surface area contributed by atoms with Gasteiger partial charge >= 0.3 is 6.36 Å². The first-order valence-corrected chi connectivity index (χ1v) is 12.1. The van der Waals surface area contributed by atoms with Crippen LogP contribution >= 0.6 is 0 Å². The lowest BCUT2D eigenvalue weighted by Gasteiger charge is -2.25. The van der Waals surface area contributed by atoms with E-state index in [1.165, 1.54) is 47.2 Å². The highest BCUT2D eigenvalue weighted by Gasteiger charge is 2.40. The van der Waals surface area contributed by atoms with Crippen LogP contribution in [0.2, 0.25) is 0 Å². The summed E-state index contributed by atoms with van der Waals surface area (Å²) in [6.07, 6.45) is -3.59. The zero-order chi connectivity index (χ0) is 25.9. The predicted octanol–water partition coefficient (Wildman–Crippen LogP) is 4.06. The summed E-state index contributed by atoms with van der Waals surface area (Å²) in [6.45, 7) is 0. The van der Waals surface area contributed by atoms with Gasteiger partial charge in [-0.05, 0) is 35.9 Å². The van der Waals surface area contributed by atoms with Crippen LogP contribution in [0.4, 0.5) is 18.9 Å². The lowest BCUT2D eigenvalue weighted by Crippen LogP contribution is -2.38. The Morgan fingerprint density at radius 2 is 1.61 bits per heavy atom. The number of alkyl halides is 3. The maximum atomic E-state index is 13.4. The summed E-state index contributed by atoms with van der Waals surface area (Å²) in [4.78, 5) is 16.3. The topological polar surface area (TPSA) is 107 Å². The first-order valence-electron chi connectivity index (χ1n) is 10.6.